The van der Waals surface area contributed by atoms with E-state index < -0.39 is 17.8 Å². The molecule has 2 aromatic rings. The lowest BCUT2D eigenvalue weighted by molar-refractivity contribution is 0.0697. The maximum Gasteiger partial charge on any atom is 0.335 e. The molecule has 2 rings (SSSR count). The van der Waals surface area contributed by atoms with E-state index in [2.05, 4.69) is 10.6 Å². The highest BCUT2D eigenvalue weighted by Crippen LogP contribution is 2.16. The molecule has 0 saturated heterocycles. The molecule has 0 radical (unpaired) electrons. The SMILES string of the molecule is Cc1ccc(F)c(NC(=O)Nc2ccc(C(=O)O)cc2)c1. The smallest absolute Gasteiger partial charge is 0.335 e. The van der Waals surface area contributed by atoms with Gasteiger partial charge in [0.15, 0.2) is 0 Å². The van der Waals surface area contributed by atoms with Crippen LogP contribution in [0.3, 0.4) is 0 Å². The molecule has 0 saturated carbocycles. The number of nitrogens with one attached hydrogen (secondary N) is 2. The minimum Gasteiger partial charge on any atom is -0.478 e. The van der Waals surface area contributed by atoms with E-state index in [0.717, 1.165) is 5.56 Å². The molecule has 0 aliphatic heterocycles. The van der Waals surface area contributed by atoms with Gasteiger partial charge >= 0.3 is 12.0 Å². The summed E-state index contributed by atoms with van der Waals surface area (Å²) < 4.78 is 13.5. The lowest BCUT2D eigenvalue weighted by Crippen LogP contribution is -2.20. The van der Waals surface area contributed by atoms with Crippen molar-refractivity contribution in [1.82, 2.24) is 0 Å². The molecule has 6 heteroatoms. The summed E-state index contributed by atoms with van der Waals surface area (Å²) >= 11 is 0. The highest BCUT2D eigenvalue weighted by atomic mass is 19.1. The lowest BCUT2D eigenvalue weighted by Gasteiger charge is -2.09. The Balaban J connectivity index is 2.04. The zero-order valence-electron chi connectivity index (χ0n) is 11.2. The first kappa shape index (κ1) is 14.5. The minimum atomic E-state index is -1.05. The van der Waals surface area contributed by atoms with Crippen LogP contribution < -0.4 is 10.6 Å². The van der Waals surface area contributed by atoms with Crippen molar-refractivity contribution in [2.75, 3.05) is 10.6 Å². The van der Waals surface area contributed by atoms with Crippen LogP contribution in [0.5, 0.6) is 0 Å². The minimum absolute atomic E-state index is 0.0784. The number of anilines is 2. The van der Waals surface area contributed by atoms with E-state index in [0.29, 0.717) is 5.69 Å². The molecule has 0 unspecified atom stereocenters. The number of aromatic carboxylic acids is 1. The van der Waals surface area contributed by atoms with Crippen LogP contribution in [0.15, 0.2) is 42.5 Å². The van der Waals surface area contributed by atoms with Crippen LogP contribution in [0.2, 0.25) is 0 Å². The largest absolute Gasteiger partial charge is 0.478 e. The molecular formula is C15H13FN2O3. The molecule has 2 aromatic carbocycles. The van der Waals surface area contributed by atoms with Gasteiger partial charge < -0.3 is 15.7 Å². The topological polar surface area (TPSA) is 78.4 Å². The Morgan fingerprint density at radius 3 is 2.33 bits per heavy atom. The first-order valence-corrected chi connectivity index (χ1v) is 6.13. The molecule has 0 aliphatic rings. The Labute approximate surface area is 120 Å². The summed E-state index contributed by atoms with van der Waals surface area (Å²) in [5, 5.41) is 13.7. The predicted molar refractivity (Wildman–Crippen MR) is 77.2 cm³/mol. The number of carboxylic acids is 1. The summed E-state index contributed by atoms with van der Waals surface area (Å²) in [6.07, 6.45) is 0. The van der Waals surface area contributed by atoms with Crippen molar-refractivity contribution in [3.63, 3.8) is 0 Å². The second-order valence-corrected chi connectivity index (χ2v) is 4.44. The van der Waals surface area contributed by atoms with Crippen molar-refractivity contribution in [3.05, 3.63) is 59.4 Å². The standard InChI is InChI=1S/C15H13FN2O3/c1-9-2-7-12(16)13(8-9)18-15(21)17-11-5-3-10(4-6-11)14(19)20/h2-8H,1H3,(H,19,20)(H2,17,18,21). The Kier molecular flexibility index (Phi) is 4.18. The predicted octanol–water partition coefficient (Wildman–Crippen LogP) is 3.48. The number of carboxylic acid groups (broad SMARTS) is 1. The maximum atomic E-state index is 13.5. The van der Waals surface area contributed by atoms with Crippen molar-refractivity contribution in [3.8, 4) is 0 Å². The molecule has 0 aliphatic carbocycles. The molecule has 0 fully saturated rings. The molecule has 0 heterocycles. The Morgan fingerprint density at radius 2 is 1.71 bits per heavy atom. The number of urea groups is 1. The summed E-state index contributed by atoms with van der Waals surface area (Å²) in [7, 11) is 0. The number of hydrogen-bond acceptors (Lipinski definition) is 2. The molecule has 0 spiro atoms. The molecule has 108 valence electrons. The fourth-order valence-corrected chi connectivity index (χ4v) is 1.72. The number of halogens is 1. The van der Waals surface area contributed by atoms with E-state index >= 15 is 0 Å². The fourth-order valence-electron chi connectivity index (χ4n) is 1.72. The third-order valence-corrected chi connectivity index (χ3v) is 2.76. The molecule has 3 N–H and O–H groups in total. The van der Waals surface area contributed by atoms with Crippen LogP contribution in [0.1, 0.15) is 15.9 Å². The van der Waals surface area contributed by atoms with Gasteiger partial charge in [-0.2, -0.15) is 0 Å². The van der Waals surface area contributed by atoms with Gasteiger partial charge in [-0.05, 0) is 48.9 Å². The quantitative estimate of drug-likeness (QED) is 0.809. The average Bonchev–Trinajstić information content (AvgIpc) is 2.43. The van der Waals surface area contributed by atoms with Gasteiger partial charge in [0, 0.05) is 5.69 Å². The van der Waals surface area contributed by atoms with E-state index in [1.165, 1.54) is 36.4 Å². The van der Waals surface area contributed by atoms with E-state index in [1.807, 2.05) is 0 Å². The van der Waals surface area contributed by atoms with Gasteiger partial charge in [-0.3, -0.25) is 0 Å². The molecule has 0 atom stereocenters. The van der Waals surface area contributed by atoms with Gasteiger partial charge in [0.25, 0.3) is 0 Å². The normalized spacial score (nSPS) is 10.0. The van der Waals surface area contributed by atoms with Gasteiger partial charge in [0.05, 0.1) is 11.3 Å². The Morgan fingerprint density at radius 1 is 1.05 bits per heavy atom. The number of amides is 2. The summed E-state index contributed by atoms with van der Waals surface area (Å²) in [5.74, 6) is -1.58. The van der Waals surface area contributed by atoms with Crippen LogP contribution in [0.4, 0.5) is 20.6 Å². The van der Waals surface area contributed by atoms with Gasteiger partial charge in [-0.15, -0.1) is 0 Å². The summed E-state index contributed by atoms with van der Waals surface area (Å²) in [4.78, 5) is 22.5. The molecule has 21 heavy (non-hydrogen) atoms. The molecule has 2 amide bonds. The third kappa shape index (κ3) is 3.79. The van der Waals surface area contributed by atoms with E-state index in [4.69, 9.17) is 5.11 Å². The van der Waals surface area contributed by atoms with E-state index in [1.54, 1.807) is 13.0 Å². The summed E-state index contributed by atoms with van der Waals surface area (Å²) in [6, 6.07) is 9.42. The molecule has 0 bridgehead atoms. The zero-order chi connectivity index (χ0) is 15.4. The summed E-state index contributed by atoms with van der Waals surface area (Å²) in [6.45, 7) is 1.78. The van der Waals surface area contributed by atoms with Gasteiger partial charge in [-0.1, -0.05) is 6.07 Å². The molecular weight excluding hydrogens is 275 g/mol. The first-order chi connectivity index (χ1) is 9.95. The first-order valence-electron chi connectivity index (χ1n) is 6.13. The Hall–Kier alpha value is -2.89. The van der Waals surface area contributed by atoms with Crippen molar-refractivity contribution >= 4 is 23.4 Å². The van der Waals surface area contributed by atoms with E-state index in [9.17, 15) is 14.0 Å². The van der Waals surface area contributed by atoms with Crippen LogP contribution in [-0.2, 0) is 0 Å². The second kappa shape index (κ2) is 6.04. The highest BCUT2D eigenvalue weighted by molar-refractivity contribution is 6.00. The fraction of sp³-hybridized carbons (Fsp3) is 0.0667. The van der Waals surface area contributed by atoms with Crippen LogP contribution in [-0.4, -0.2) is 17.1 Å². The van der Waals surface area contributed by atoms with Crippen LogP contribution in [0, 0.1) is 12.7 Å². The number of rotatable bonds is 3. The zero-order valence-corrected chi connectivity index (χ0v) is 11.2. The van der Waals surface area contributed by atoms with Gasteiger partial charge in [0.1, 0.15) is 5.82 Å². The van der Waals surface area contributed by atoms with E-state index in [-0.39, 0.29) is 11.3 Å². The van der Waals surface area contributed by atoms with Crippen molar-refractivity contribution < 1.29 is 19.1 Å². The summed E-state index contributed by atoms with van der Waals surface area (Å²) in [5.41, 5.74) is 1.42. The number of carbonyl (C=O) groups is 2. The van der Waals surface area contributed by atoms with Gasteiger partial charge in [0.2, 0.25) is 0 Å². The third-order valence-electron chi connectivity index (χ3n) is 2.76. The van der Waals surface area contributed by atoms with Gasteiger partial charge in [-0.25, -0.2) is 14.0 Å². The van der Waals surface area contributed by atoms with Crippen molar-refractivity contribution in [2.45, 2.75) is 6.92 Å². The number of benzene rings is 2. The van der Waals surface area contributed by atoms with Crippen molar-refractivity contribution in [1.29, 1.82) is 0 Å². The number of aryl methyl sites for hydroxylation is 1. The van der Waals surface area contributed by atoms with Crippen LogP contribution in [0.25, 0.3) is 0 Å². The maximum absolute atomic E-state index is 13.5. The van der Waals surface area contributed by atoms with Crippen molar-refractivity contribution in [2.24, 2.45) is 0 Å². The monoisotopic (exact) mass is 288 g/mol. The number of carbonyl (C=O) groups excluding carboxylic acids is 1. The Bertz CT molecular complexity index is 684. The average molecular weight is 288 g/mol. The molecule has 0 aromatic heterocycles. The second-order valence-electron chi connectivity index (χ2n) is 4.44. The lowest BCUT2D eigenvalue weighted by atomic mass is 10.2. The van der Waals surface area contributed by atoms with Crippen LogP contribution >= 0.6 is 0 Å². The molecule has 5 nitrogen and oxygen atoms in total. The number of hydrogen-bond donors (Lipinski definition) is 3. The highest BCUT2D eigenvalue weighted by Gasteiger charge is 2.08.